The van der Waals surface area contributed by atoms with E-state index < -0.39 is 23.7 Å². The molecule has 1 heterocycles. The minimum atomic E-state index is -0.977. The van der Waals surface area contributed by atoms with Crippen LogP contribution >= 0.6 is 0 Å². The Morgan fingerprint density at radius 1 is 1.45 bits per heavy atom. The number of alkyl carbamates (subject to hydrolysis) is 1. The summed E-state index contributed by atoms with van der Waals surface area (Å²) >= 11 is 0. The van der Waals surface area contributed by atoms with Crippen LogP contribution in [-0.2, 0) is 16.0 Å². The Morgan fingerprint density at radius 2 is 2.15 bits per heavy atom. The lowest BCUT2D eigenvalue weighted by molar-refractivity contribution is -0.137. The number of carboxylic acids is 1. The first kappa shape index (κ1) is 15.9. The van der Waals surface area contributed by atoms with Crippen LogP contribution in [0, 0.1) is 0 Å². The molecule has 0 unspecified atom stereocenters. The van der Waals surface area contributed by atoms with Gasteiger partial charge in [0.15, 0.2) is 0 Å². The first-order valence-corrected chi connectivity index (χ1v) is 6.36. The molecule has 0 saturated heterocycles. The van der Waals surface area contributed by atoms with E-state index in [2.05, 4.69) is 10.3 Å². The zero-order chi connectivity index (χ0) is 15.2. The van der Waals surface area contributed by atoms with Crippen LogP contribution in [0.4, 0.5) is 4.79 Å². The van der Waals surface area contributed by atoms with Gasteiger partial charge in [-0.15, -0.1) is 0 Å². The number of rotatable bonds is 5. The van der Waals surface area contributed by atoms with Crippen molar-refractivity contribution in [1.29, 1.82) is 0 Å². The third-order valence-electron chi connectivity index (χ3n) is 2.35. The number of pyridine rings is 1. The molecular weight excluding hydrogens is 260 g/mol. The smallest absolute Gasteiger partial charge is 0.407 e. The molecule has 0 bridgehead atoms. The van der Waals surface area contributed by atoms with Gasteiger partial charge in [-0.3, -0.25) is 9.78 Å². The van der Waals surface area contributed by atoms with Crippen molar-refractivity contribution in [2.75, 3.05) is 0 Å². The number of nitrogens with zero attached hydrogens (tertiary/aromatic N) is 1. The third-order valence-corrected chi connectivity index (χ3v) is 2.35. The molecule has 1 amide bonds. The number of nitrogens with one attached hydrogen (secondary N) is 1. The Balaban J connectivity index is 2.65. The van der Waals surface area contributed by atoms with Crippen molar-refractivity contribution in [3.8, 4) is 0 Å². The van der Waals surface area contributed by atoms with Crippen molar-refractivity contribution in [2.24, 2.45) is 0 Å². The van der Waals surface area contributed by atoms with Gasteiger partial charge < -0.3 is 15.2 Å². The standard InChI is InChI=1S/C14H20N2O4/c1-14(2,3)20-13(19)16-11(8-12(17)18)7-10-5-4-6-15-9-10/h4-6,9,11H,7-8H2,1-3H3,(H,16,19)(H,17,18)/t11-/m0/s1. The summed E-state index contributed by atoms with van der Waals surface area (Å²) in [5.74, 6) is -0.977. The number of hydrogen-bond acceptors (Lipinski definition) is 4. The van der Waals surface area contributed by atoms with Gasteiger partial charge >= 0.3 is 12.1 Å². The van der Waals surface area contributed by atoms with Crippen LogP contribution in [0.3, 0.4) is 0 Å². The van der Waals surface area contributed by atoms with E-state index in [0.717, 1.165) is 5.56 Å². The third kappa shape index (κ3) is 6.72. The van der Waals surface area contributed by atoms with Crippen LogP contribution in [0.2, 0.25) is 0 Å². The van der Waals surface area contributed by atoms with E-state index in [1.165, 1.54) is 0 Å². The summed E-state index contributed by atoms with van der Waals surface area (Å²) in [6.07, 6.45) is 2.88. The lowest BCUT2D eigenvalue weighted by Gasteiger charge is -2.23. The van der Waals surface area contributed by atoms with Gasteiger partial charge in [0.2, 0.25) is 0 Å². The van der Waals surface area contributed by atoms with Crippen molar-refractivity contribution in [2.45, 2.75) is 45.3 Å². The van der Waals surface area contributed by atoms with Crippen LogP contribution in [0.5, 0.6) is 0 Å². The minimum Gasteiger partial charge on any atom is -0.481 e. The Bertz CT molecular complexity index is 454. The van der Waals surface area contributed by atoms with Gasteiger partial charge in [-0.1, -0.05) is 6.07 Å². The molecule has 0 aliphatic carbocycles. The average molecular weight is 280 g/mol. The fourth-order valence-corrected chi connectivity index (χ4v) is 1.66. The van der Waals surface area contributed by atoms with Crippen LogP contribution in [0.15, 0.2) is 24.5 Å². The summed E-state index contributed by atoms with van der Waals surface area (Å²) < 4.78 is 5.13. The maximum atomic E-state index is 11.7. The summed E-state index contributed by atoms with van der Waals surface area (Å²) in [5.41, 5.74) is 0.237. The second-order valence-corrected chi connectivity index (χ2v) is 5.51. The van der Waals surface area contributed by atoms with Crippen molar-refractivity contribution < 1.29 is 19.4 Å². The van der Waals surface area contributed by atoms with Crippen LogP contribution < -0.4 is 5.32 Å². The predicted molar refractivity (Wildman–Crippen MR) is 73.4 cm³/mol. The maximum Gasteiger partial charge on any atom is 0.407 e. The number of carbonyl (C=O) groups is 2. The molecule has 20 heavy (non-hydrogen) atoms. The molecule has 6 heteroatoms. The normalized spacial score (nSPS) is 12.6. The lowest BCUT2D eigenvalue weighted by atomic mass is 10.1. The molecule has 0 saturated carbocycles. The quantitative estimate of drug-likeness (QED) is 0.861. The molecule has 0 spiro atoms. The van der Waals surface area contributed by atoms with Gasteiger partial charge in [0.05, 0.1) is 6.42 Å². The number of amides is 1. The van der Waals surface area contributed by atoms with Crippen molar-refractivity contribution in [1.82, 2.24) is 10.3 Å². The number of carbonyl (C=O) groups excluding carboxylic acids is 1. The largest absolute Gasteiger partial charge is 0.481 e. The Hall–Kier alpha value is -2.11. The number of ether oxygens (including phenoxy) is 1. The van der Waals surface area contributed by atoms with Crippen LogP contribution in [0.25, 0.3) is 0 Å². The van der Waals surface area contributed by atoms with E-state index in [1.54, 1.807) is 39.2 Å². The SMILES string of the molecule is CC(C)(C)OC(=O)N[C@H](CC(=O)O)Cc1cccnc1. The van der Waals surface area contributed by atoms with Gasteiger partial charge in [-0.2, -0.15) is 0 Å². The number of hydrogen-bond donors (Lipinski definition) is 2. The highest BCUT2D eigenvalue weighted by atomic mass is 16.6. The highest BCUT2D eigenvalue weighted by Gasteiger charge is 2.21. The first-order valence-electron chi connectivity index (χ1n) is 6.36. The second kappa shape index (κ2) is 6.88. The topological polar surface area (TPSA) is 88.5 Å². The summed E-state index contributed by atoms with van der Waals surface area (Å²) in [7, 11) is 0. The first-order chi connectivity index (χ1) is 9.26. The summed E-state index contributed by atoms with van der Waals surface area (Å²) in [6, 6.07) is 3.06. The molecule has 2 N–H and O–H groups in total. The molecule has 1 rings (SSSR count). The van der Waals surface area contributed by atoms with E-state index in [-0.39, 0.29) is 6.42 Å². The van der Waals surface area contributed by atoms with E-state index >= 15 is 0 Å². The molecule has 1 aromatic rings. The van der Waals surface area contributed by atoms with Crippen molar-refractivity contribution >= 4 is 12.1 Å². The summed E-state index contributed by atoms with van der Waals surface area (Å²) in [4.78, 5) is 26.5. The highest BCUT2D eigenvalue weighted by Crippen LogP contribution is 2.09. The molecule has 6 nitrogen and oxygen atoms in total. The minimum absolute atomic E-state index is 0.172. The van der Waals surface area contributed by atoms with E-state index in [9.17, 15) is 9.59 Å². The molecule has 0 fully saturated rings. The van der Waals surface area contributed by atoms with Crippen LogP contribution in [-0.4, -0.2) is 33.8 Å². The molecular formula is C14H20N2O4. The van der Waals surface area contributed by atoms with E-state index in [1.807, 2.05) is 6.07 Å². The number of aromatic nitrogens is 1. The Labute approximate surface area is 118 Å². The molecule has 0 radical (unpaired) electrons. The number of aliphatic carboxylic acids is 1. The van der Waals surface area contributed by atoms with Gasteiger partial charge in [0, 0.05) is 18.4 Å². The molecule has 0 aliphatic heterocycles. The number of carboxylic acid groups (broad SMARTS) is 1. The molecule has 0 aromatic carbocycles. The van der Waals surface area contributed by atoms with E-state index in [4.69, 9.17) is 9.84 Å². The van der Waals surface area contributed by atoms with Gasteiger partial charge in [0.25, 0.3) is 0 Å². The zero-order valence-electron chi connectivity index (χ0n) is 11.9. The average Bonchev–Trinajstić information content (AvgIpc) is 2.26. The zero-order valence-corrected chi connectivity index (χ0v) is 11.9. The molecule has 0 aliphatic rings. The highest BCUT2D eigenvalue weighted by molar-refractivity contribution is 5.71. The van der Waals surface area contributed by atoms with Gasteiger partial charge in [-0.05, 0) is 38.8 Å². The lowest BCUT2D eigenvalue weighted by Crippen LogP contribution is -2.41. The maximum absolute atomic E-state index is 11.7. The summed E-state index contributed by atoms with van der Waals surface area (Å²) in [6.45, 7) is 5.25. The predicted octanol–water partition coefficient (Wildman–Crippen LogP) is 1.99. The van der Waals surface area contributed by atoms with Crippen LogP contribution in [0.1, 0.15) is 32.8 Å². The fraction of sp³-hybridized carbons (Fsp3) is 0.500. The Morgan fingerprint density at radius 3 is 2.65 bits per heavy atom. The monoisotopic (exact) mass is 280 g/mol. The molecule has 1 aromatic heterocycles. The summed E-state index contributed by atoms with van der Waals surface area (Å²) in [5, 5.41) is 11.5. The van der Waals surface area contributed by atoms with Gasteiger partial charge in [0.1, 0.15) is 5.60 Å². The molecule has 110 valence electrons. The van der Waals surface area contributed by atoms with Crippen molar-refractivity contribution in [3.05, 3.63) is 30.1 Å². The molecule has 1 atom stereocenters. The van der Waals surface area contributed by atoms with Gasteiger partial charge in [-0.25, -0.2) is 4.79 Å². The van der Waals surface area contributed by atoms with Crippen molar-refractivity contribution in [3.63, 3.8) is 0 Å². The Kier molecular flexibility index (Phi) is 5.49. The second-order valence-electron chi connectivity index (χ2n) is 5.51. The fourth-order valence-electron chi connectivity index (χ4n) is 1.66. The van der Waals surface area contributed by atoms with E-state index in [0.29, 0.717) is 6.42 Å².